The third-order valence-electron chi connectivity index (χ3n) is 0.637. The molecule has 1 rings (SSSR count). The van der Waals surface area contributed by atoms with Crippen LogP contribution in [0.15, 0.2) is 0 Å². The smallest absolute Gasteiger partial charge is 0.157 e. The van der Waals surface area contributed by atoms with Crippen LogP contribution in [0.25, 0.3) is 0 Å². The van der Waals surface area contributed by atoms with E-state index in [2.05, 4.69) is 4.74 Å². The molecule has 0 aromatic carbocycles. The zero-order valence-corrected chi connectivity index (χ0v) is 4.94. The van der Waals surface area contributed by atoms with Crippen molar-refractivity contribution in [1.82, 2.24) is 0 Å². The Morgan fingerprint density at radius 1 is 1.67 bits per heavy atom. The molecule has 3 heteroatoms. The molecule has 1 nitrogen and oxygen atoms in total. The van der Waals surface area contributed by atoms with Crippen molar-refractivity contribution < 1.29 is 21.8 Å². The van der Waals surface area contributed by atoms with Crippen LogP contribution in [-0.2, 0) is 21.8 Å². The van der Waals surface area contributed by atoms with E-state index in [1.54, 1.807) is 0 Å². The van der Waals surface area contributed by atoms with E-state index in [-0.39, 0.29) is 22.6 Å². The van der Waals surface area contributed by atoms with E-state index in [4.69, 9.17) is 11.6 Å². The number of rotatable bonds is 0. The van der Waals surface area contributed by atoms with Crippen LogP contribution in [-0.4, -0.2) is 11.7 Å². The Morgan fingerprint density at radius 2 is 1.83 bits per heavy atom. The van der Waals surface area contributed by atoms with Gasteiger partial charge in [0.25, 0.3) is 0 Å². The Balaban J connectivity index is 0.000000250. The molecule has 6 heavy (non-hydrogen) atoms. The summed E-state index contributed by atoms with van der Waals surface area (Å²) in [4.78, 5) is 0. The summed E-state index contributed by atoms with van der Waals surface area (Å²) in [5.41, 5.74) is 0.0231. The molecule has 1 aliphatic rings. The topological polar surface area (TPSA) is 12.5 Å². The van der Waals surface area contributed by atoms with E-state index in [9.17, 15) is 0 Å². The summed E-state index contributed by atoms with van der Waals surface area (Å²) in [6.07, 6.45) is 0.316. The first-order chi connectivity index (χ1) is 2.30. The summed E-state index contributed by atoms with van der Waals surface area (Å²) in [6.45, 7) is 1.94. The Hall–Kier alpha value is 0.769. The van der Waals surface area contributed by atoms with Crippen molar-refractivity contribution in [3.8, 4) is 0 Å². The molecular weight excluding hydrogens is 151 g/mol. The second-order valence-corrected chi connectivity index (χ2v) is 1.62. The van der Waals surface area contributed by atoms with Crippen molar-refractivity contribution in [2.75, 3.05) is 0 Å². The zero-order chi connectivity index (χ0) is 3.86. The second-order valence-electron chi connectivity index (χ2n) is 1.19. The molecule has 0 bridgehead atoms. The van der Waals surface area contributed by atoms with Crippen LogP contribution in [0.5, 0.6) is 0 Å². The first kappa shape index (κ1) is 6.77. The van der Waals surface area contributed by atoms with Crippen LogP contribution in [0.2, 0.25) is 0 Å². The predicted molar refractivity (Wildman–Crippen MR) is 20.2 cm³/mol. The fraction of sp³-hybridized carbons (Fsp3) is 1.00. The molecule has 1 fully saturated rings. The van der Waals surface area contributed by atoms with E-state index < -0.39 is 0 Å². The SMILES string of the molecule is CC1OC1Cl.[Cu]. The quantitative estimate of drug-likeness (QED) is 0.289. The van der Waals surface area contributed by atoms with Crippen molar-refractivity contribution in [1.29, 1.82) is 0 Å². The Morgan fingerprint density at radius 3 is 1.83 bits per heavy atom. The average Bonchev–Trinajstić information content (AvgIpc) is 1.79. The van der Waals surface area contributed by atoms with Crippen molar-refractivity contribution in [2.45, 2.75) is 18.6 Å². The summed E-state index contributed by atoms with van der Waals surface area (Å²) in [5, 5.41) is 0. The minimum atomic E-state index is 0. The van der Waals surface area contributed by atoms with E-state index in [1.165, 1.54) is 0 Å². The molecule has 41 valence electrons. The van der Waals surface area contributed by atoms with Gasteiger partial charge in [-0.3, -0.25) is 0 Å². The van der Waals surface area contributed by atoms with Gasteiger partial charge in [0.1, 0.15) is 0 Å². The first-order valence-electron chi connectivity index (χ1n) is 1.60. The minimum Gasteiger partial charge on any atom is -0.353 e. The molecule has 0 N–H and O–H groups in total. The van der Waals surface area contributed by atoms with Crippen molar-refractivity contribution in [3.05, 3.63) is 0 Å². The van der Waals surface area contributed by atoms with Crippen LogP contribution >= 0.6 is 11.6 Å². The van der Waals surface area contributed by atoms with E-state index in [1.807, 2.05) is 6.92 Å². The molecule has 1 radical (unpaired) electrons. The predicted octanol–water partition coefficient (Wildman–Crippen LogP) is 0.968. The fourth-order valence-corrected chi connectivity index (χ4v) is 0.322. The summed E-state index contributed by atoms with van der Waals surface area (Å²) < 4.78 is 4.68. The van der Waals surface area contributed by atoms with Gasteiger partial charge in [-0.1, -0.05) is 11.6 Å². The summed E-state index contributed by atoms with van der Waals surface area (Å²) in [5.74, 6) is 0. The summed E-state index contributed by atoms with van der Waals surface area (Å²) in [6, 6.07) is 0. The molecule has 1 heterocycles. The molecule has 0 saturated carbocycles. The summed E-state index contributed by atoms with van der Waals surface area (Å²) >= 11 is 5.31. The molecular formula is C3H5ClCuO. The number of halogens is 1. The van der Waals surface area contributed by atoms with Crippen LogP contribution in [0.1, 0.15) is 6.92 Å². The van der Waals surface area contributed by atoms with Gasteiger partial charge >= 0.3 is 0 Å². The summed E-state index contributed by atoms with van der Waals surface area (Å²) in [7, 11) is 0. The van der Waals surface area contributed by atoms with Gasteiger partial charge in [0.05, 0.1) is 6.10 Å². The third-order valence-corrected chi connectivity index (χ3v) is 1.09. The van der Waals surface area contributed by atoms with Gasteiger partial charge in [-0.2, -0.15) is 0 Å². The van der Waals surface area contributed by atoms with Gasteiger partial charge in [0.2, 0.25) is 0 Å². The van der Waals surface area contributed by atoms with Crippen LogP contribution in [0, 0.1) is 0 Å². The molecule has 1 saturated heterocycles. The number of epoxide rings is 1. The van der Waals surface area contributed by atoms with Crippen LogP contribution < -0.4 is 0 Å². The molecule has 1 aliphatic heterocycles. The average molecular weight is 156 g/mol. The largest absolute Gasteiger partial charge is 0.353 e. The molecule has 0 aromatic rings. The number of hydrogen-bond donors (Lipinski definition) is 0. The minimum absolute atomic E-state index is 0. The van der Waals surface area contributed by atoms with Crippen LogP contribution in [0.4, 0.5) is 0 Å². The Bertz CT molecular complexity index is 44.1. The molecule has 2 atom stereocenters. The molecule has 0 amide bonds. The molecule has 2 unspecified atom stereocenters. The first-order valence-corrected chi connectivity index (χ1v) is 2.04. The van der Waals surface area contributed by atoms with Gasteiger partial charge in [-0.25, -0.2) is 0 Å². The third kappa shape index (κ3) is 1.48. The van der Waals surface area contributed by atoms with Crippen molar-refractivity contribution in [3.63, 3.8) is 0 Å². The van der Waals surface area contributed by atoms with Gasteiger partial charge < -0.3 is 4.74 Å². The number of ether oxygens (including phenoxy) is 1. The second kappa shape index (κ2) is 2.17. The zero-order valence-electron chi connectivity index (χ0n) is 3.24. The fourth-order valence-electron chi connectivity index (χ4n) is 0.160. The van der Waals surface area contributed by atoms with E-state index >= 15 is 0 Å². The van der Waals surface area contributed by atoms with Gasteiger partial charge in [-0.15, -0.1) is 0 Å². The van der Waals surface area contributed by atoms with Crippen molar-refractivity contribution in [2.24, 2.45) is 0 Å². The molecule has 0 aromatic heterocycles. The Kier molecular flexibility index (Phi) is 2.45. The van der Waals surface area contributed by atoms with Gasteiger partial charge in [-0.05, 0) is 6.92 Å². The molecule has 0 spiro atoms. The van der Waals surface area contributed by atoms with E-state index in [0.717, 1.165) is 0 Å². The van der Waals surface area contributed by atoms with Crippen molar-refractivity contribution >= 4 is 11.6 Å². The molecule has 0 aliphatic carbocycles. The van der Waals surface area contributed by atoms with E-state index in [0.29, 0.717) is 6.10 Å². The van der Waals surface area contributed by atoms with Gasteiger partial charge in [0, 0.05) is 17.1 Å². The maximum absolute atomic E-state index is 5.31. The van der Waals surface area contributed by atoms with Crippen LogP contribution in [0.3, 0.4) is 0 Å². The number of alkyl halides is 1. The maximum atomic E-state index is 5.31. The number of hydrogen-bond acceptors (Lipinski definition) is 1. The van der Waals surface area contributed by atoms with Gasteiger partial charge in [0.15, 0.2) is 5.56 Å². The maximum Gasteiger partial charge on any atom is 0.157 e. The Labute approximate surface area is 52.5 Å². The standard InChI is InChI=1S/C3H5ClO.Cu/c1-2-3(4)5-2;/h2-3H,1H3;. The monoisotopic (exact) mass is 155 g/mol. The normalized spacial score (nSPS) is 41.0.